The third kappa shape index (κ3) is 8.16. The first kappa shape index (κ1) is 22.6. The third-order valence-electron chi connectivity index (χ3n) is 4.14. The second-order valence-corrected chi connectivity index (χ2v) is 6.30. The molecule has 0 aliphatic rings. The largest absolute Gasteiger partial charge is 0.400 e. The van der Waals surface area contributed by atoms with Crippen molar-refractivity contribution in [2.45, 2.75) is 33.7 Å². The monoisotopic (exact) mass is 364 g/mol. The van der Waals surface area contributed by atoms with Crippen LogP contribution in [0.1, 0.15) is 42.7 Å². The van der Waals surface area contributed by atoms with Gasteiger partial charge in [-0.05, 0) is 62.1 Å². The van der Waals surface area contributed by atoms with Crippen LogP contribution in [0.2, 0.25) is 0 Å². The number of aliphatic hydroxyl groups is 1. The van der Waals surface area contributed by atoms with E-state index in [9.17, 15) is 0 Å². The Morgan fingerprint density at radius 1 is 1.19 bits per heavy atom. The van der Waals surface area contributed by atoms with E-state index < -0.39 is 0 Å². The summed E-state index contributed by atoms with van der Waals surface area (Å²) >= 11 is 0. The molecular weight excluding hydrogens is 332 g/mol. The van der Waals surface area contributed by atoms with E-state index in [2.05, 4.69) is 73.2 Å². The van der Waals surface area contributed by atoms with E-state index in [0.29, 0.717) is 0 Å². The van der Waals surface area contributed by atoms with Crippen molar-refractivity contribution < 1.29 is 5.11 Å². The number of aliphatic hydroxyl groups excluding tert-OH is 1. The molecule has 0 aliphatic heterocycles. The summed E-state index contributed by atoms with van der Waals surface area (Å²) in [6.07, 6.45) is 9.16. The SMILES string of the molecule is C=C(C)/C=C/c1ccc(CNCC/C(=C/C)c2cccnc2C)cc1.CO. The van der Waals surface area contributed by atoms with Gasteiger partial charge in [0.05, 0.1) is 0 Å². The molecule has 0 atom stereocenters. The molecule has 0 fully saturated rings. The van der Waals surface area contributed by atoms with Crippen LogP contribution in [0.4, 0.5) is 0 Å². The number of pyridine rings is 1. The lowest BCUT2D eigenvalue weighted by atomic mass is 10.0. The molecule has 1 heterocycles. The van der Waals surface area contributed by atoms with Crippen molar-refractivity contribution in [3.8, 4) is 0 Å². The first-order chi connectivity index (χ1) is 13.1. The van der Waals surface area contributed by atoms with E-state index >= 15 is 0 Å². The van der Waals surface area contributed by atoms with Gasteiger partial charge in [-0.1, -0.05) is 60.7 Å². The third-order valence-corrected chi connectivity index (χ3v) is 4.14. The van der Waals surface area contributed by atoms with Crippen molar-refractivity contribution >= 4 is 11.6 Å². The molecule has 2 N–H and O–H groups in total. The van der Waals surface area contributed by atoms with Crippen LogP contribution in [0.25, 0.3) is 11.6 Å². The van der Waals surface area contributed by atoms with Gasteiger partial charge in [0.15, 0.2) is 0 Å². The lowest BCUT2D eigenvalue weighted by Crippen LogP contribution is -2.15. The molecule has 0 aliphatic carbocycles. The van der Waals surface area contributed by atoms with E-state index in [1.54, 1.807) is 0 Å². The Morgan fingerprint density at radius 3 is 2.48 bits per heavy atom. The number of nitrogens with zero attached hydrogens (tertiary/aromatic N) is 1. The van der Waals surface area contributed by atoms with Crippen LogP contribution in [0, 0.1) is 6.92 Å². The average molecular weight is 365 g/mol. The second-order valence-electron chi connectivity index (χ2n) is 6.30. The fraction of sp³-hybridized carbons (Fsp3) is 0.292. The standard InChI is InChI=1S/C23H28N2.CH4O/c1-5-22(23-7-6-15-25-19(23)4)14-16-24-17-21-12-10-20(11-13-21)9-8-18(2)3;1-2/h5-13,15,24H,2,14,16-17H2,1,3-4H3;2H,1H3/b9-8+,22-5-;. The molecule has 0 saturated heterocycles. The molecule has 27 heavy (non-hydrogen) atoms. The van der Waals surface area contributed by atoms with Crippen LogP contribution >= 0.6 is 0 Å². The molecule has 0 unspecified atom stereocenters. The highest BCUT2D eigenvalue weighted by molar-refractivity contribution is 5.66. The lowest BCUT2D eigenvalue weighted by molar-refractivity contribution is 0.399. The van der Waals surface area contributed by atoms with Crippen LogP contribution < -0.4 is 5.32 Å². The molecule has 0 bridgehead atoms. The van der Waals surface area contributed by atoms with Gasteiger partial charge in [-0.2, -0.15) is 0 Å². The van der Waals surface area contributed by atoms with Crippen LogP contribution in [0.3, 0.4) is 0 Å². The van der Waals surface area contributed by atoms with Gasteiger partial charge in [0.25, 0.3) is 0 Å². The quantitative estimate of drug-likeness (QED) is 0.502. The van der Waals surface area contributed by atoms with Crippen LogP contribution in [0.15, 0.2) is 66.9 Å². The molecule has 1 aromatic carbocycles. The van der Waals surface area contributed by atoms with Crippen LogP contribution in [-0.4, -0.2) is 23.7 Å². The summed E-state index contributed by atoms with van der Waals surface area (Å²) < 4.78 is 0. The molecule has 0 amide bonds. The number of nitrogens with one attached hydrogen (secondary N) is 1. The second kappa shape index (κ2) is 12.8. The van der Waals surface area contributed by atoms with E-state index in [0.717, 1.165) is 37.9 Å². The highest BCUT2D eigenvalue weighted by Crippen LogP contribution is 2.19. The molecule has 144 valence electrons. The predicted molar refractivity (Wildman–Crippen MR) is 117 cm³/mol. The Balaban J connectivity index is 0.00000176. The number of benzene rings is 1. The minimum absolute atomic E-state index is 0.882. The maximum atomic E-state index is 7.00. The molecule has 0 radical (unpaired) electrons. The van der Waals surface area contributed by atoms with Crippen molar-refractivity contribution in [2.75, 3.05) is 13.7 Å². The smallest absolute Gasteiger partial charge is 0.0447 e. The molecule has 2 aromatic rings. The number of aromatic nitrogens is 1. The number of rotatable bonds is 8. The Bertz CT molecular complexity index is 758. The molecule has 2 rings (SSSR count). The molecule has 0 saturated carbocycles. The van der Waals surface area contributed by atoms with Crippen molar-refractivity contribution in [3.05, 3.63) is 89.3 Å². The summed E-state index contributed by atoms with van der Waals surface area (Å²) in [6, 6.07) is 12.8. The maximum absolute atomic E-state index is 7.00. The van der Waals surface area contributed by atoms with Crippen molar-refractivity contribution in [3.63, 3.8) is 0 Å². The summed E-state index contributed by atoms with van der Waals surface area (Å²) in [5.41, 5.74) is 7.25. The van der Waals surface area contributed by atoms with Crippen LogP contribution in [0.5, 0.6) is 0 Å². The number of hydrogen-bond acceptors (Lipinski definition) is 3. The minimum atomic E-state index is 0.882. The fourth-order valence-corrected chi connectivity index (χ4v) is 2.70. The van der Waals surface area contributed by atoms with Crippen molar-refractivity contribution in [2.24, 2.45) is 0 Å². The van der Waals surface area contributed by atoms with Gasteiger partial charge in [0.1, 0.15) is 0 Å². The van der Waals surface area contributed by atoms with E-state index in [-0.39, 0.29) is 0 Å². The topological polar surface area (TPSA) is 45.2 Å². The Hall–Kier alpha value is -2.49. The van der Waals surface area contributed by atoms with Gasteiger partial charge in [-0.3, -0.25) is 4.98 Å². The summed E-state index contributed by atoms with van der Waals surface area (Å²) in [6.45, 7) is 11.9. The zero-order valence-electron chi connectivity index (χ0n) is 17.0. The lowest BCUT2D eigenvalue weighted by Gasteiger charge is -2.11. The van der Waals surface area contributed by atoms with Crippen LogP contribution in [-0.2, 0) is 6.54 Å². The zero-order chi connectivity index (χ0) is 20.1. The summed E-state index contributed by atoms with van der Waals surface area (Å²) in [5, 5.41) is 10.5. The predicted octanol–water partition coefficient (Wildman–Crippen LogP) is 5.17. The Kier molecular flexibility index (Phi) is 10.7. The van der Waals surface area contributed by atoms with Gasteiger partial charge in [0.2, 0.25) is 0 Å². The zero-order valence-corrected chi connectivity index (χ0v) is 17.0. The first-order valence-electron chi connectivity index (χ1n) is 9.25. The Morgan fingerprint density at radius 2 is 1.89 bits per heavy atom. The minimum Gasteiger partial charge on any atom is -0.400 e. The average Bonchev–Trinajstić information content (AvgIpc) is 2.70. The molecule has 3 heteroatoms. The van der Waals surface area contributed by atoms with Crippen molar-refractivity contribution in [1.29, 1.82) is 0 Å². The van der Waals surface area contributed by atoms with Gasteiger partial charge in [0, 0.05) is 25.5 Å². The van der Waals surface area contributed by atoms with E-state index in [1.807, 2.05) is 25.3 Å². The highest BCUT2D eigenvalue weighted by atomic mass is 16.2. The van der Waals surface area contributed by atoms with Gasteiger partial charge in [-0.25, -0.2) is 0 Å². The molecule has 3 nitrogen and oxygen atoms in total. The molecule has 1 aromatic heterocycles. The van der Waals surface area contributed by atoms with E-state index in [4.69, 9.17) is 5.11 Å². The fourth-order valence-electron chi connectivity index (χ4n) is 2.70. The normalized spacial score (nSPS) is 11.2. The van der Waals surface area contributed by atoms with E-state index in [1.165, 1.54) is 22.3 Å². The summed E-state index contributed by atoms with van der Waals surface area (Å²) in [4.78, 5) is 4.39. The maximum Gasteiger partial charge on any atom is 0.0447 e. The number of hydrogen-bond donors (Lipinski definition) is 2. The number of aryl methyl sites for hydroxylation is 1. The van der Waals surface area contributed by atoms with Gasteiger partial charge in [-0.15, -0.1) is 0 Å². The molecule has 0 spiro atoms. The highest BCUT2D eigenvalue weighted by Gasteiger charge is 2.04. The summed E-state index contributed by atoms with van der Waals surface area (Å²) in [5.74, 6) is 0. The van der Waals surface area contributed by atoms with Gasteiger partial charge >= 0.3 is 0 Å². The number of allylic oxidation sites excluding steroid dienone is 3. The van der Waals surface area contributed by atoms with Crippen molar-refractivity contribution in [1.82, 2.24) is 10.3 Å². The first-order valence-corrected chi connectivity index (χ1v) is 9.25. The molecular formula is C24H32N2O. The van der Waals surface area contributed by atoms with Gasteiger partial charge < -0.3 is 10.4 Å². The Labute approximate surface area is 164 Å². The summed E-state index contributed by atoms with van der Waals surface area (Å²) in [7, 11) is 1.00.